The summed E-state index contributed by atoms with van der Waals surface area (Å²) >= 11 is 0. The summed E-state index contributed by atoms with van der Waals surface area (Å²) in [6.45, 7) is 7.76. The molecule has 0 aliphatic carbocycles. The lowest BCUT2D eigenvalue weighted by atomic mass is 9.57. The summed E-state index contributed by atoms with van der Waals surface area (Å²) in [5.74, 6) is 0. The SMILES string of the molecule is CCCC(O)C1(C(O)(c2ccccc2)c2ccccc2)CCN(c2ccc(C(C)(C)CO)cc2)CC1. The van der Waals surface area contributed by atoms with Gasteiger partial charge in [0.2, 0.25) is 0 Å². The van der Waals surface area contributed by atoms with E-state index in [1.54, 1.807) is 0 Å². The van der Waals surface area contributed by atoms with Gasteiger partial charge in [0.15, 0.2) is 0 Å². The molecule has 0 bridgehead atoms. The monoisotopic (exact) mass is 487 g/mol. The Morgan fingerprint density at radius 3 is 1.75 bits per heavy atom. The molecule has 0 amide bonds. The molecule has 0 spiro atoms. The van der Waals surface area contributed by atoms with Crippen LogP contribution in [0.4, 0.5) is 5.69 Å². The number of piperidine rings is 1. The van der Waals surface area contributed by atoms with Crippen LogP contribution in [0.3, 0.4) is 0 Å². The lowest BCUT2D eigenvalue weighted by molar-refractivity contribution is -0.141. The fourth-order valence-electron chi connectivity index (χ4n) is 5.96. The molecule has 4 heteroatoms. The van der Waals surface area contributed by atoms with E-state index in [-0.39, 0.29) is 12.0 Å². The van der Waals surface area contributed by atoms with E-state index in [9.17, 15) is 15.3 Å². The molecular weight excluding hydrogens is 446 g/mol. The second kappa shape index (κ2) is 10.8. The Labute approximate surface area is 216 Å². The molecule has 0 saturated carbocycles. The molecule has 1 aliphatic rings. The van der Waals surface area contributed by atoms with Crippen LogP contribution in [0.25, 0.3) is 0 Å². The Morgan fingerprint density at radius 2 is 1.31 bits per heavy atom. The molecule has 1 atom stereocenters. The van der Waals surface area contributed by atoms with Gasteiger partial charge in [-0.25, -0.2) is 0 Å². The van der Waals surface area contributed by atoms with Crippen LogP contribution in [0, 0.1) is 5.41 Å². The Hall–Kier alpha value is -2.66. The first kappa shape index (κ1) is 26.4. The quantitative estimate of drug-likeness (QED) is 0.365. The highest BCUT2D eigenvalue weighted by molar-refractivity contribution is 5.50. The van der Waals surface area contributed by atoms with Crippen molar-refractivity contribution in [2.45, 2.75) is 63.6 Å². The molecule has 3 N–H and O–H groups in total. The van der Waals surface area contributed by atoms with Crippen LogP contribution >= 0.6 is 0 Å². The van der Waals surface area contributed by atoms with Crippen molar-refractivity contribution in [1.82, 2.24) is 0 Å². The second-order valence-corrected chi connectivity index (χ2v) is 11.0. The van der Waals surface area contributed by atoms with Crippen molar-refractivity contribution >= 4 is 5.69 Å². The molecule has 1 unspecified atom stereocenters. The fourth-order valence-corrected chi connectivity index (χ4v) is 5.96. The van der Waals surface area contributed by atoms with Crippen LogP contribution in [0.1, 0.15) is 63.1 Å². The summed E-state index contributed by atoms with van der Waals surface area (Å²) in [5.41, 5.74) is 1.59. The van der Waals surface area contributed by atoms with Crippen molar-refractivity contribution in [3.63, 3.8) is 0 Å². The van der Waals surface area contributed by atoms with Crippen LogP contribution in [0.2, 0.25) is 0 Å². The summed E-state index contributed by atoms with van der Waals surface area (Å²) in [4.78, 5) is 2.35. The number of aliphatic hydroxyl groups is 3. The summed E-state index contributed by atoms with van der Waals surface area (Å²) in [5, 5.41) is 34.1. The molecule has 1 fully saturated rings. The Morgan fingerprint density at radius 1 is 0.806 bits per heavy atom. The number of benzene rings is 3. The molecule has 4 rings (SSSR count). The summed E-state index contributed by atoms with van der Waals surface area (Å²) in [7, 11) is 0. The highest BCUT2D eigenvalue weighted by Crippen LogP contribution is 2.54. The molecule has 36 heavy (non-hydrogen) atoms. The van der Waals surface area contributed by atoms with Crippen molar-refractivity contribution in [3.8, 4) is 0 Å². The van der Waals surface area contributed by atoms with Crippen molar-refractivity contribution in [2.75, 3.05) is 24.6 Å². The number of aliphatic hydroxyl groups excluding tert-OH is 2. The number of anilines is 1. The van der Waals surface area contributed by atoms with Crippen LogP contribution in [0.5, 0.6) is 0 Å². The summed E-state index contributed by atoms with van der Waals surface area (Å²) in [6, 6.07) is 28.2. The lowest BCUT2D eigenvalue weighted by Gasteiger charge is -2.54. The predicted octanol–water partition coefficient (Wildman–Crippen LogP) is 5.64. The third kappa shape index (κ3) is 4.70. The molecule has 1 saturated heterocycles. The molecule has 1 aliphatic heterocycles. The van der Waals surface area contributed by atoms with Crippen molar-refractivity contribution < 1.29 is 15.3 Å². The smallest absolute Gasteiger partial charge is 0.123 e. The van der Waals surface area contributed by atoms with E-state index in [4.69, 9.17) is 0 Å². The highest BCUT2D eigenvalue weighted by Gasteiger charge is 2.57. The molecule has 192 valence electrons. The maximum Gasteiger partial charge on any atom is 0.123 e. The van der Waals surface area contributed by atoms with Gasteiger partial charge in [-0.2, -0.15) is 0 Å². The minimum atomic E-state index is -1.31. The zero-order chi connectivity index (χ0) is 25.8. The normalized spacial score (nSPS) is 17.1. The first-order valence-electron chi connectivity index (χ1n) is 13.3. The zero-order valence-corrected chi connectivity index (χ0v) is 21.9. The van der Waals surface area contributed by atoms with Gasteiger partial charge in [0, 0.05) is 29.6 Å². The van der Waals surface area contributed by atoms with E-state index in [0.29, 0.717) is 19.3 Å². The Kier molecular flexibility index (Phi) is 7.89. The van der Waals surface area contributed by atoms with Crippen molar-refractivity contribution in [2.24, 2.45) is 5.41 Å². The second-order valence-electron chi connectivity index (χ2n) is 11.0. The summed E-state index contributed by atoms with van der Waals surface area (Å²) < 4.78 is 0. The van der Waals surface area contributed by atoms with Crippen molar-refractivity contribution in [3.05, 3.63) is 102 Å². The average Bonchev–Trinajstić information content (AvgIpc) is 2.93. The largest absolute Gasteiger partial charge is 0.395 e. The van der Waals surface area contributed by atoms with Crippen molar-refractivity contribution in [1.29, 1.82) is 0 Å². The van der Waals surface area contributed by atoms with Gasteiger partial charge in [-0.15, -0.1) is 0 Å². The lowest BCUT2D eigenvalue weighted by Crippen LogP contribution is -2.58. The maximum absolute atomic E-state index is 12.7. The molecule has 0 aromatic heterocycles. The van der Waals surface area contributed by atoms with Gasteiger partial charge in [0.05, 0.1) is 12.7 Å². The number of rotatable bonds is 9. The fraction of sp³-hybridized carbons (Fsp3) is 0.438. The molecule has 4 nitrogen and oxygen atoms in total. The van der Waals surface area contributed by atoms with Gasteiger partial charge in [-0.3, -0.25) is 0 Å². The predicted molar refractivity (Wildman–Crippen MR) is 147 cm³/mol. The Balaban J connectivity index is 1.71. The number of hydrogen-bond acceptors (Lipinski definition) is 4. The van der Waals surface area contributed by atoms with E-state index in [2.05, 4.69) is 36.1 Å². The van der Waals surface area contributed by atoms with Gasteiger partial charge in [0.25, 0.3) is 0 Å². The molecule has 1 heterocycles. The Bertz CT molecular complexity index is 1050. The molecular formula is C32H41NO3. The highest BCUT2D eigenvalue weighted by atomic mass is 16.3. The van der Waals surface area contributed by atoms with E-state index in [0.717, 1.165) is 41.9 Å². The van der Waals surface area contributed by atoms with Crippen LogP contribution in [-0.2, 0) is 11.0 Å². The van der Waals surface area contributed by atoms with Gasteiger partial charge in [-0.1, -0.05) is 100.0 Å². The minimum absolute atomic E-state index is 0.103. The molecule has 3 aromatic rings. The van der Waals surface area contributed by atoms with Crippen LogP contribution < -0.4 is 4.90 Å². The average molecular weight is 488 g/mol. The minimum Gasteiger partial charge on any atom is -0.395 e. The number of hydrogen-bond donors (Lipinski definition) is 3. The first-order valence-corrected chi connectivity index (χ1v) is 13.3. The van der Waals surface area contributed by atoms with Gasteiger partial charge in [-0.05, 0) is 48.1 Å². The topological polar surface area (TPSA) is 63.9 Å². The first-order chi connectivity index (χ1) is 17.3. The van der Waals surface area contributed by atoms with E-state index in [1.165, 1.54) is 0 Å². The van der Waals surface area contributed by atoms with Crippen LogP contribution in [-0.4, -0.2) is 41.1 Å². The van der Waals surface area contributed by atoms with E-state index >= 15 is 0 Å². The number of nitrogens with zero attached hydrogens (tertiary/aromatic N) is 1. The third-order valence-corrected chi connectivity index (χ3v) is 8.37. The standard InChI is InChI=1S/C32H41NO3/c1-4-11-29(35)31(32(36,26-12-7-5-8-13-26)27-14-9-6-10-15-27)20-22-33(23-21-31)28-18-16-25(17-19-28)30(2,3)24-34/h5-10,12-19,29,34-36H,4,11,20-24H2,1-3H3. The third-order valence-electron chi connectivity index (χ3n) is 8.37. The van der Waals surface area contributed by atoms with Crippen LogP contribution in [0.15, 0.2) is 84.9 Å². The van der Waals surface area contributed by atoms with Gasteiger partial charge >= 0.3 is 0 Å². The summed E-state index contributed by atoms with van der Waals surface area (Å²) in [6.07, 6.45) is 2.20. The van der Waals surface area contributed by atoms with E-state index < -0.39 is 17.1 Å². The van der Waals surface area contributed by atoms with Gasteiger partial charge < -0.3 is 20.2 Å². The molecule has 0 radical (unpaired) electrons. The van der Waals surface area contributed by atoms with E-state index in [1.807, 2.05) is 74.5 Å². The zero-order valence-electron chi connectivity index (χ0n) is 21.9. The maximum atomic E-state index is 12.7. The van der Waals surface area contributed by atoms with Gasteiger partial charge in [0.1, 0.15) is 5.60 Å². The molecule has 3 aromatic carbocycles.